The van der Waals surface area contributed by atoms with Crippen LogP contribution in [0.25, 0.3) is 0 Å². The maximum absolute atomic E-state index is 15.5. The van der Waals surface area contributed by atoms with Gasteiger partial charge in [-0.25, -0.2) is 19.2 Å². The van der Waals surface area contributed by atoms with E-state index in [9.17, 15) is 27.9 Å². The maximum atomic E-state index is 15.5. The Morgan fingerprint density at radius 3 is 2.27 bits per heavy atom. The van der Waals surface area contributed by atoms with E-state index in [0.717, 1.165) is 30.3 Å². The number of ether oxygens (including phenoxy) is 4. The van der Waals surface area contributed by atoms with Crippen LogP contribution in [0.2, 0.25) is 5.02 Å². The number of halogens is 5. The highest BCUT2D eigenvalue weighted by molar-refractivity contribution is 6.30. The monoisotopic (exact) mass is 601 g/mol. The highest BCUT2D eigenvalue weighted by Crippen LogP contribution is 2.39. The summed E-state index contributed by atoms with van der Waals surface area (Å²) in [5.74, 6) is -4.98. The van der Waals surface area contributed by atoms with Crippen molar-refractivity contribution in [1.29, 1.82) is 0 Å². The van der Waals surface area contributed by atoms with E-state index in [4.69, 9.17) is 30.5 Å². The number of rotatable bonds is 11. The van der Waals surface area contributed by atoms with Gasteiger partial charge in [-0.2, -0.15) is 13.2 Å². The smallest absolute Gasteiger partial charge is 0.421 e. The van der Waals surface area contributed by atoms with Gasteiger partial charge in [0.25, 0.3) is 5.91 Å². The van der Waals surface area contributed by atoms with Crippen LogP contribution in [-0.2, 0) is 27.0 Å². The molecule has 220 valence electrons. The summed E-state index contributed by atoms with van der Waals surface area (Å²) in [4.78, 5) is 35.1. The van der Waals surface area contributed by atoms with Gasteiger partial charge in [-0.15, -0.1) is 0 Å². The molecule has 1 N–H and O–H groups in total. The van der Waals surface area contributed by atoms with E-state index in [2.05, 4.69) is 9.97 Å². The van der Waals surface area contributed by atoms with Gasteiger partial charge in [0.1, 0.15) is 11.3 Å². The lowest BCUT2D eigenvalue weighted by atomic mass is 10.1. The zero-order valence-corrected chi connectivity index (χ0v) is 22.6. The zero-order valence-electron chi connectivity index (χ0n) is 21.9. The topological polar surface area (TPSA) is 120 Å². The summed E-state index contributed by atoms with van der Waals surface area (Å²) >= 11 is 5.88. The van der Waals surface area contributed by atoms with Crippen LogP contribution in [0.5, 0.6) is 11.6 Å². The predicted octanol–water partition coefficient (Wildman–Crippen LogP) is 4.67. The number of pyridine rings is 2. The molecule has 0 unspecified atom stereocenters. The molecular formula is C26H24ClF4N3O7. The first-order valence-corrected chi connectivity index (χ1v) is 12.0. The van der Waals surface area contributed by atoms with Crippen molar-refractivity contribution in [3.8, 4) is 11.6 Å². The molecule has 0 saturated carbocycles. The number of carbonyl (C=O) groups is 2. The van der Waals surface area contributed by atoms with Crippen molar-refractivity contribution in [3.05, 3.63) is 75.9 Å². The molecular weight excluding hydrogens is 578 g/mol. The first-order valence-electron chi connectivity index (χ1n) is 11.6. The van der Waals surface area contributed by atoms with Gasteiger partial charge in [0.15, 0.2) is 11.6 Å². The third-order valence-corrected chi connectivity index (χ3v) is 5.79. The molecule has 1 amide bonds. The first-order chi connectivity index (χ1) is 19.4. The molecule has 0 spiro atoms. The van der Waals surface area contributed by atoms with Gasteiger partial charge in [0, 0.05) is 38.7 Å². The highest BCUT2D eigenvalue weighted by Gasteiger charge is 2.37. The predicted molar refractivity (Wildman–Crippen MR) is 137 cm³/mol. The maximum Gasteiger partial charge on any atom is 0.421 e. The number of carbonyl (C=O) groups excluding carboxylic acids is 2. The minimum absolute atomic E-state index is 0.133. The fourth-order valence-corrected chi connectivity index (χ4v) is 3.86. The summed E-state index contributed by atoms with van der Waals surface area (Å²) in [5, 5.41) is 9.44. The van der Waals surface area contributed by atoms with Crippen molar-refractivity contribution in [2.45, 2.75) is 18.8 Å². The average Bonchev–Trinajstić information content (AvgIpc) is 2.94. The number of benzene rings is 1. The Labute approximate surface area is 236 Å². The van der Waals surface area contributed by atoms with Gasteiger partial charge in [0.05, 0.1) is 49.2 Å². The Morgan fingerprint density at radius 2 is 1.73 bits per heavy atom. The molecule has 10 nitrogen and oxygen atoms in total. The van der Waals surface area contributed by atoms with Gasteiger partial charge in [-0.3, -0.25) is 9.69 Å². The molecule has 0 radical (unpaired) electrons. The SMILES string of the molecule is COCC(COC)N(C(=O)c1ccc(Cl)cn1)c1cc(F)c(Oc2ncc(CO)cc2C(F)(F)F)cc1C(=O)OC. The molecule has 0 bridgehead atoms. The minimum atomic E-state index is -4.97. The Bertz CT molecular complexity index is 1380. The number of aromatic nitrogens is 2. The average molecular weight is 602 g/mol. The lowest BCUT2D eigenvalue weighted by molar-refractivity contribution is -0.139. The van der Waals surface area contributed by atoms with E-state index < -0.39 is 59.3 Å². The second kappa shape index (κ2) is 13.7. The number of aliphatic hydroxyl groups is 1. The van der Waals surface area contributed by atoms with Crippen molar-refractivity contribution >= 4 is 29.2 Å². The van der Waals surface area contributed by atoms with Crippen LogP contribution in [0.15, 0.2) is 42.7 Å². The molecule has 15 heteroatoms. The van der Waals surface area contributed by atoms with E-state index >= 15 is 4.39 Å². The number of hydrogen-bond donors (Lipinski definition) is 1. The van der Waals surface area contributed by atoms with E-state index in [1.54, 1.807) is 0 Å². The van der Waals surface area contributed by atoms with Crippen molar-refractivity contribution in [2.24, 2.45) is 0 Å². The molecule has 2 heterocycles. The molecule has 0 atom stereocenters. The molecule has 2 aromatic heterocycles. The number of anilines is 1. The Morgan fingerprint density at radius 1 is 1.05 bits per heavy atom. The first kappa shape index (κ1) is 31.7. The minimum Gasteiger partial charge on any atom is -0.465 e. The number of hydrogen-bond acceptors (Lipinski definition) is 9. The summed E-state index contributed by atoms with van der Waals surface area (Å²) < 4.78 is 76.9. The van der Waals surface area contributed by atoms with Crippen LogP contribution >= 0.6 is 11.6 Å². The molecule has 41 heavy (non-hydrogen) atoms. The Kier molecular flexibility index (Phi) is 10.6. The van der Waals surface area contributed by atoms with E-state index in [1.165, 1.54) is 32.5 Å². The van der Waals surface area contributed by atoms with Gasteiger partial charge in [-0.1, -0.05) is 11.6 Å². The van der Waals surface area contributed by atoms with Crippen LogP contribution < -0.4 is 9.64 Å². The second-order valence-corrected chi connectivity index (χ2v) is 8.78. The van der Waals surface area contributed by atoms with Crippen LogP contribution in [0.4, 0.5) is 23.2 Å². The second-order valence-electron chi connectivity index (χ2n) is 8.35. The van der Waals surface area contributed by atoms with Gasteiger partial charge in [0.2, 0.25) is 5.88 Å². The Hall–Kier alpha value is -3.85. The standard InChI is InChI=1S/C26H24ClF4N3O7/c1-38-12-16(13-39-2)34(24(36)20-5-4-15(27)10-32-20)21-8-19(28)22(7-17(21)25(37)40-3)41-23-18(26(29,30)31)6-14(11-35)9-33-23/h4-10,16,35H,11-13H2,1-3H3. The molecule has 3 rings (SSSR count). The van der Waals surface area contributed by atoms with Crippen LogP contribution in [-0.4, -0.2) is 67.5 Å². The molecule has 0 fully saturated rings. The van der Waals surface area contributed by atoms with E-state index in [-0.39, 0.29) is 35.2 Å². The molecule has 3 aromatic rings. The number of aliphatic hydroxyl groups excluding tert-OH is 1. The van der Waals surface area contributed by atoms with E-state index in [1.807, 2.05) is 0 Å². The molecule has 0 aliphatic rings. The fraction of sp³-hybridized carbons (Fsp3) is 0.308. The molecule has 0 aliphatic carbocycles. The van der Waals surface area contributed by atoms with Crippen LogP contribution in [0.3, 0.4) is 0 Å². The van der Waals surface area contributed by atoms with Crippen LogP contribution in [0.1, 0.15) is 32.0 Å². The summed E-state index contributed by atoms with van der Waals surface area (Å²) in [6, 6.07) is 3.87. The van der Waals surface area contributed by atoms with Gasteiger partial charge < -0.3 is 24.1 Å². The third kappa shape index (κ3) is 7.47. The Balaban J connectivity index is 2.21. The van der Waals surface area contributed by atoms with Crippen molar-refractivity contribution in [2.75, 3.05) is 39.4 Å². The normalized spacial score (nSPS) is 11.5. The number of amides is 1. The quantitative estimate of drug-likeness (QED) is 0.247. The third-order valence-electron chi connectivity index (χ3n) is 5.57. The fourth-order valence-electron chi connectivity index (χ4n) is 3.74. The molecule has 0 saturated heterocycles. The van der Waals surface area contributed by atoms with Crippen molar-refractivity contribution in [1.82, 2.24) is 9.97 Å². The summed E-state index contributed by atoms with van der Waals surface area (Å²) in [7, 11) is 3.71. The van der Waals surface area contributed by atoms with Gasteiger partial charge >= 0.3 is 12.1 Å². The summed E-state index contributed by atoms with van der Waals surface area (Å²) in [6.07, 6.45) is -2.85. The van der Waals surface area contributed by atoms with Gasteiger partial charge in [-0.05, 0) is 23.8 Å². The number of esters is 1. The van der Waals surface area contributed by atoms with E-state index in [0.29, 0.717) is 6.07 Å². The summed E-state index contributed by atoms with van der Waals surface area (Å²) in [5.41, 5.74) is -2.46. The molecule has 0 aliphatic heterocycles. The zero-order chi connectivity index (χ0) is 30.3. The molecule has 1 aromatic carbocycles. The highest BCUT2D eigenvalue weighted by atomic mass is 35.5. The lowest BCUT2D eigenvalue weighted by Crippen LogP contribution is -2.47. The van der Waals surface area contributed by atoms with Crippen LogP contribution in [0, 0.1) is 5.82 Å². The number of nitrogens with zero attached hydrogens (tertiary/aromatic N) is 3. The number of methoxy groups -OCH3 is 3. The number of alkyl halides is 3. The van der Waals surface area contributed by atoms with Crippen molar-refractivity contribution in [3.63, 3.8) is 0 Å². The lowest BCUT2D eigenvalue weighted by Gasteiger charge is -2.32. The summed E-state index contributed by atoms with van der Waals surface area (Å²) in [6.45, 7) is -1.00. The van der Waals surface area contributed by atoms with Crippen molar-refractivity contribution < 1.29 is 51.2 Å². The largest absolute Gasteiger partial charge is 0.465 e.